The van der Waals surface area contributed by atoms with Crippen LogP contribution in [0.3, 0.4) is 0 Å². The minimum atomic E-state index is 0.473. The first-order valence-corrected chi connectivity index (χ1v) is 5.32. The second kappa shape index (κ2) is 3.46. The minimum Gasteiger partial charge on any atom is -0.364 e. The average molecular weight is 191 g/mol. The number of hydrogen-bond acceptors (Lipinski definition) is 2. The third-order valence-corrected chi connectivity index (χ3v) is 3.38. The van der Waals surface area contributed by atoms with Gasteiger partial charge in [0.2, 0.25) is 0 Å². The van der Waals surface area contributed by atoms with Crippen molar-refractivity contribution in [2.45, 2.75) is 12.3 Å². The molecule has 2 rings (SSSR count). The lowest BCUT2D eigenvalue weighted by atomic mass is 10.1. The van der Waals surface area contributed by atoms with E-state index in [4.69, 9.17) is 0 Å². The predicted molar refractivity (Wildman–Crippen MR) is 58.4 cm³/mol. The van der Waals surface area contributed by atoms with Crippen LogP contribution in [0.5, 0.6) is 0 Å². The number of aryl methyl sites for hydroxylation is 1. The van der Waals surface area contributed by atoms with Crippen LogP contribution in [-0.2, 0) is 0 Å². The van der Waals surface area contributed by atoms with Crippen molar-refractivity contribution in [2.75, 3.05) is 7.05 Å². The van der Waals surface area contributed by atoms with Crippen LogP contribution in [0.1, 0.15) is 16.5 Å². The second-order valence-electron chi connectivity index (χ2n) is 3.35. The van der Waals surface area contributed by atoms with E-state index in [1.807, 2.05) is 11.8 Å². The molecular formula is C11H13NS. The molecule has 1 unspecified atom stereocenters. The highest BCUT2D eigenvalue weighted by atomic mass is 32.2. The molecule has 0 spiro atoms. The zero-order valence-electron chi connectivity index (χ0n) is 7.90. The van der Waals surface area contributed by atoms with Gasteiger partial charge in [0.25, 0.3) is 0 Å². The number of thioether (sulfide) groups is 1. The maximum Gasteiger partial charge on any atom is 0.104 e. The summed E-state index contributed by atoms with van der Waals surface area (Å²) in [6.07, 6.45) is 2.12. The summed E-state index contributed by atoms with van der Waals surface area (Å²) in [6, 6.07) is 8.75. The van der Waals surface area contributed by atoms with Gasteiger partial charge in [-0.05, 0) is 17.9 Å². The summed E-state index contributed by atoms with van der Waals surface area (Å²) >= 11 is 1.85. The van der Waals surface area contributed by atoms with Crippen LogP contribution >= 0.6 is 11.8 Å². The Morgan fingerprint density at radius 3 is 2.46 bits per heavy atom. The molecule has 0 N–H and O–H groups in total. The van der Waals surface area contributed by atoms with Crippen molar-refractivity contribution in [3.05, 3.63) is 47.0 Å². The van der Waals surface area contributed by atoms with Crippen LogP contribution in [0.25, 0.3) is 0 Å². The lowest BCUT2D eigenvalue weighted by molar-refractivity contribution is 0.448. The normalized spacial score (nSPS) is 21.1. The molecule has 1 aromatic rings. The lowest BCUT2D eigenvalue weighted by Crippen LogP contribution is -2.11. The van der Waals surface area contributed by atoms with Crippen LogP contribution in [0.4, 0.5) is 0 Å². The van der Waals surface area contributed by atoms with Gasteiger partial charge < -0.3 is 4.90 Å². The third kappa shape index (κ3) is 1.73. The summed E-state index contributed by atoms with van der Waals surface area (Å²) < 4.78 is 0. The Bertz CT molecular complexity index is 315. The van der Waals surface area contributed by atoms with Gasteiger partial charge in [-0.15, -0.1) is 11.8 Å². The topological polar surface area (TPSA) is 3.24 Å². The van der Waals surface area contributed by atoms with Gasteiger partial charge in [0, 0.05) is 13.2 Å². The zero-order valence-corrected chi connectivity index (χ0v) is 8.71. The van der Waals surface area contributed by atoms with Gasteiger partial charge in [0.05, 0.1) is 0 Å². The fourth-order valence-electron chi connectivity index (χ4n) is 1.42. The molecule has 1 heterocycles. The first-order chi connectivity index (χ1) is 6.27. The number of benzene rings is 1. The number of rotatable bonds is 1. The Kier molecular flexibility index (Phi) is 2.32. The summed E-state index contributed by atoms with van der Waals surface area (Å²) in [5.74, 6) is 0. The van der Waals surface area contributed by atoms with E-state index in [9.17, 15) is 0 Å². The van der Waals surface area contributed by atoms with Crippen molar-refractivity contribution >= 4 is 11.8 Å². The molecule has 0 aromatic heterocycles. The molecule has 0 bridgehead atoms. The highest BCUT2D eigenvalue weighted by Crippen LogP contribution is 2.37. The van der Waals surface area contributed by atoms with Gasteiger partial charge >= 0.3 is 0 Å². The van der Waals surface area contributed by atoms with Crippen molar-refractivity contribution in [3.63, 3.8) is 0 Å². The largest absolute Gasteiger partial charge is 0.364 e. The van der Waals surface area contributed by atoms with Gasteiger partial charge in [-0.1, -0.05) is 29.8 Å². The van der Waals surface area contributed by atoms with E-state index in [2.05, 4.69) is 54.7 Å². The molecule has 1 aliphatic heterocycles. The molecule has 1 atom stereocenters. The Morgan fingerprint density at radius 1 is 1.23 bits per heavy atom. The van der Waals surface area contributed by atoms with E-state index >= 15 is 0 Å². The molecule has 1 aliphatic rings. The molecule has 0 aliphatic carbocycles. The van der Waals surface area contributed by atoms with Crippen molar-refractivity contribution < 1.29 is 0 Å². The molecule has 0 saturated heterocycles. The molecule has 0 saturated carbocycles. The van der Waals surface area contributed by atoms with Gasteiger partial charge in [-0.3, -0.25) is 0 Å². The summed E-state index contributed by atoms with van der Waals surface area (Å²) in [4.78, 5) is 2.23. The Labute approximate surface area is 83.4 Å². The first-order valence-electron chi connectivity index (χ1n) is 4.38. The maximum atomic E-state index is 2.23. The van der Waals surface area contributed by atoms with Crippen molar-refractivity contribution in [1.29, 1.82) is 0 Å². The van der Waals surface area contributed by atoms with Crippen LogP contribution in [-0.4, -0.2) is 11.9 Å². The molecule has 2 heteroatoms. The maximum absolute atomic E-state index is 2.23. The smallest absolute Gasteiger partial charge is 0.104 e. The number of hydrogen-bond donors (Lipinski definition) is 0. The summed E-state index contributed by atoms with van der Waals surface area (Å²) in [7, 11) is 2.11. The van der Waals surface area contributed by atoms with E-state index in [-0.39, 0.29) is 0 Å². The standard InChI is InChI=1S/C11H13NS/c1-9-3-5-10(6-4-9)11-12(2)7-8-13-11/h3-8,11H,1-2H3. The minimum absolute atomic E-state index is 0.473. The van der Waals surface area contributed by atoms with Crippen molar-refractivity contribution in [1.82, 2.24) is 4.90 Å². The summed E-state index contributed by atoms with van der Waals surface area (Å²) in [5, 5.41) is 2.62. The van der Waals surface area contributed by atoms with Gasteiger partial charge in [0.1, 0.15) is 5.37 Å². The van der Waals surface area contributed by atoms with E-state index in [0.29, 0.717) is 5.37 Å². The summed E-state index contributed by atoms with van der Waals surface area (Å²) in [6.45, 7) is 2.12. The molecule has 0 fully saturated rings. The monoisotopic (exact) mass is 191 g/mol. The van der Waals surface area contributed by atoms with Gasteiger partial charge in [-0.25, -0.2) is 0 Å². The molecule has 0 radical (unpaired) electrons. The van der Waals surface area contributed by atoms with E-state index in [0.717, 1.165) is 0 Å². The zero-order chi connectivity index (χ0) is 9.26. The van der Waals surface area contributed by atoms with E-state index in [1.165, 1.54) is 11.1 Å². The fourth-order valence-corrected chi connectivity index (χ4v) is 2.41. The van der Waals surface area contributed by atoms with E-state index in [1.54, 1.807) is 0 Å². The first kappa shape index (κ1) is 8.70. The van der Waals surface area contributed by atoms with Gasteiger partial charge in [0.15, 0.2) is 0 Å². The van der Waals surface area contributed by atoms with Crippen LogP contribution < -0.4 is 0 Å². The molecule has 1 aromatic carbocycles. The van der Waals surface area contributed by atoms with E-state index < -0.39 is 0 Å². The van der Waals surface area contributed by atoms with Crippen LogP contribution in [0, 0.1) is 6.92 Å². The quantitative estimate of drug-likeness (QED) is 0.671. The Morgan fingerprint density at radius 2 is 1.92 bits per heavy atom. The predicted octanol–water partition coefficient (Wildman–Crippen LogP) is 3.14. The average Bonchev–Trinajstić information content (AvgIpc) is 2.53. The van der Waals surface area contributed by atoms with Crippen LogP contribution in [0.2, 0.25) is 0 Å². The molecule has 68 valence electrons. The molecular weight excluding hydrogens is 178 g/mol. The highest BCUT2D eigenvalue weighted by Gasteiger charge is 2.17. The Hall–Kier alpha value is -0.890. The van der Waals surface area contributed by atoms with Gasteiger partial charge in [-0.2, -0.15) is 0 Å². The van der Waals surface area contributed by atoms with Crippen molar-refractivity contribution in [3.8, 4) is 0 Å². The fraction of sp³-hybridized carbons (Fsp3) is 0.273. The second-order valence-corrected chi connectivity index (χ2v) is 4.34. The Balaban J connectivity index is 2.21. The molecule has 1 nitrogen and oxygen atoms in total. The highest BCUT2D eigenvalue weighted by molar-refractivity contribution is 8.02. The SMILES string of the molecule is Cc1ccc(C2SC=CN2C)cc1. The molecule has 0 amide bonds. The van der Waals surface area contributed by atoms with Crippen LogP contribution in [0.15, 0.2) is 35.9 Å². The third-order valence-electron chi connectivity index (χ3n) is 2.24. The summed E-state index contributed by atoms with van der Waals surface area (Å²) in [5.41, 5.74) is 2.70. The molecule has 13 heavy (non-hydrogen) atoms. The van der Waals surface area contributed by atoms with Crippen molar-refractivity contribution in [2.24, 2.45) is 0 Å². The lowest BCUT2D eigenvalue weighted by Gasteiger charge is -2.20. The number of nitrogens with zero attached hydrogens (tertiary/aromatic N) is 1.